The van der Waals surface area contributed by atoms with Gasteiger partial charge in [-0.15, -0.1) is 0 Å². The number of benzene rings is 2. The molecule has 0 aromatic heterocycles. The number of hydrogen-bond acceptors (Lipinski definition) is 2. The fraction of sp³-hybridized carbons (Fsp3) is 0.235. The second-order valence-electron chi connectivity index (χ2n) is 4.58. The number of aryl methyl sites for hydroxylation is 1. The van der Waals surface area contributed by atoms with Gasteiger partial charge in [0.25, 0.3) is 0 Å². The van der Waals surface area contributed by atoms with Crippen LogP contribution >= 0.6 is 0 Å². The van der Waals surface area contributed by atoms with Crippen LogP contribution in [0.15, 0.2) is 42.5 Å². The number of ether oxygens (including phenoxy) is 1. The monoisotopic (exact) mass is 272 g/mol. The first-order chi connectivity index (χ1) is 9.65. The van der Waals surface area contributed by atoms with Crippen LogP contribution in [0.2, 0.25) is 0 Å². The lowest BCUT2D eigenvalue weighted by Crippen LogP contribution is -2.06. The smallest absolute Gasteiger partial charge is 0.168 e. The van der Waals surface area contributed by atoms with E-state index in [0.29, 0.717) is 11.1 Å². The number of methoxy groups -OCH3 is 1. The maximum Gasteiger partial charge on any atom is 0.168 e. The molecule has 20 heavy (non-hydrogen) atoms. The molecule has 0 unspecified atom stereocenters. The van der Waals surface area contributed by atoms with Crippen LogP contribution in [0.4, 0.5) is 4.39 Å². The Hall–Kier alpha value is -2.16. The molecule has 0 saturated heterocycles. The van der Waals surface area contributed by atoms with Crippen LogP contribution in [0.5, 0.6) is 5.75 Å². The van der Waals surface area contributed by atoms with Crippen molar-refractivity contribution in [3.05, 3.63) is 65.0 Å². The Bertz CT molecular complexity index is 603. The van der Waals surface area contributed by atoms with Gasteiger partial charge < -0.3 is 4.74 Å². The molecule has 0 saturated carbocycles. The molecule has 0 N–H and O–H groups in total. The van der Waals surface area contributed by atoms with Gasteiger partial charge in [0.15, 0.2) is 17.3 Å². The molecule has 104 valence electrons. The second-order valence-corrected chi connectivity index (χ2v) is 4.58. The number of halogens is 1. The largest absolute Gasteiger partial charge is 0.494 e. The highest BCUT2D eigenvalue weighted by Gasteiger charge is 2.13. The van der Waals surface area contributed by atoms with Crippen LogP contribution in [-0.4, -0.2) is 12.9 Å². The summed E-state index contributed by atoms with van der Waals surface area (Å²) in [6, 6.07) is 12.3. The summed E-state index contributed by atoms with van der Waals surface area (Å²) in [6.07, 6.45) is 0.966. The van der Waals surface area contributed by atoms with Crippen LogP contribution in [0, 0.1) is 5.82 Å². The first kappa shape index (κ1) is 14.3. The van der Waals surface area contributed by atoms with Crippen molar-refractivity contribution in [2.75, 3.05) is 7.11 Å². The summed E-state index contributed by atoms with van der Waals surface area (Å²) in [7, 11) is 1.41. The molecule has 0 heterocycles. The van der Waals surface area contributed by atoms with Gasteiger partial charge >= 0.3 is 0 Å². The average molecular weight is 272 g/mol. The Labute approximate surface area is 118 Å². The number of rotatable bonds is 5. The summed E-state index contributed by atoms with van der Waals surface area (Å²) >= 11 is 0. The minimum absolute atomic E-state index is 0.0362. The number of ketones is 1. The Morgan fingerprint density at radius 1 is 1.15 bits per heavy atom. The van der Waals surface area contributed by atoms with E-state index in [1.807, 2.05) is 12.1 Å². The number of carbonyl (C=O) groups excluding carboxylic acids is 1. The summed E-state index contributed by atoms with van der Waals surface area (Å²) in [4.78, 5) is 12.2. The maximum atomic E-state index is 14.0. The number of Topliss-reactive ketones (excluding diaryl/α,β-unsaturated/α-hetero) is 1. The molecule has 0 bridgehead atoms. The van der Waals surface area contributed by atoms with Crippen LogP contribution in [0.1, 0.15) is 28.4 Å². The van der Waals surface area contributed by atoms with Gasteiger partial charge in [0.1, 0.15) is 0 Å². The molecule has 0 aliphatic heterocycles. The molecule has 0 spiro atoms. The van der Waals surface area contributed by atoms with Crippen molar-refractivity contribution < 1.29 is 13.9 Å². The lowest BCUT2D eigenvalue weighted by molar-refractivity contribution is 0.0991. The lowest BCUT2D eigenvalue weighted by atomic mass is 10.0. The van der Waals surface area contributed by atoms with Crippen molar-refractivity contribution in [3.63, 3.8) is 0 Å². The van der Waals surface area contributed by atoms with E-state index in [2.05, 4.69) is 6.92 Å². The first-order valence-corrected chi connectivity index (χ1v) is 6.59. The molecule has 3 heteroatoms. The minimum Gasteiger partial charge on any atom is -0.494 e. The molecule has 0 fully saturated rings. The fourth-order valence-electron chi connectivity index (χ4n) is 2.05. The van der Waals surface area contributed by atoms with E-state index in [-0.39, 0.29) is 18.0 Å². The van der Waals surface area contributed by atoms with E-state index in [1.165, 1.54) is 12.7 Å². The topological polar surface area (TPSA) is 26.3 Å². The molecule has 2 nitrogen and oxygen atoms in total. The van der Waals surface area contributed by atoms with Gasteiger partial charge in [-0.3, -0.25) is 4.79 Å². The molecule has 0 radical (unpaired) electrons. The van der Waals surface area contributed by atoms with E-state index in [9.17, 15) is 9.18 Å². The Kier molecular flexibility index (Phi) is 4.51. The molecule has 2 aromatic carbocycles. The Morgan fingerprint density at radius 2 is 1.85 bits per heavy atom. The van der Waals surface area contributed by atoms with Crippen molar-refractivity contribution in [2.45, 2.75) is 19.8 Å². The van der Waals surface area contributed by atoms with Crippen molar-refractivity contribution >= 4 is 5.78 Å². The molecular formula is C17H17FO2. The fourth-order valence-corrected chi connectivity index (χ4v) is 2.05. The van der Waals surface area contributed by atoms with Crippen molar-refractivity contribution in [2.24, 2.45) is 0 Å². The summed E-state index contributed by atoms with van der Waals surface area (Å²) in [5.74, 6) is -0.398. The summed E-state index contributed by atoms with van der Waals surface area (Å²) in [5, 5.41) is 0. The maximum absolute atomic E-state index is 14.0. The average Bonchev–Trinajstić information content (AvgIpc) is 2.49. The Balaban J connectivity index is 2.18. The Morgan fingerprint density at radius 3 is 2.45 bits per heavy atom. The third-order valence-corrected chi connectivity index (χ3v) is 3.30. The molecule has 0 atom stereocenters. The number of carbonyl (C=O) groups is 1. The van der Waals surface area contributed by atoms with Gasteiger partial charge in [-0.2, -0.15) is 0 Å². The SMILES string of the molecule is CCc1ccc(C(=O)Cc2cccc(OC)c2F)cc1. The standard InChI is InChI=1S/C17H17FO2/c1-3-12-7-9-13(10-8-12)15(19)11-14-5-4-6-16(20-2)17(14)18/h4-10H,3,11H2,1-2H3. The predicted molar refractivity (Wildman–Crippen MR) is 76.8 cm³/mol. The van der Waals surface area contributed by atoms with E-state index in [4.69, 9.17) is 4.74 Å². The van der Waals surface area contributed by atoms with Crippen LogP contribution in [0.25, 0.3) is 0 Å². The van der Waals surface area contributed by atoms with Gasteiger partial charge in [-0.05, 0) is 23.6 Å². The van der Waals surface area contributed by atoms with Gasteiger partial charge in [-0.1, -0.05) is 43.3 Å². The highest BCUT2D eigenvalue weighted by Crippen LogP contribution is 2.21. The zero-order chi connectivity index (χ0) is 14.5. The second kappa shape index (κ2) is 6.33. The van der Waals surface area contributed by atoms with Crippen molar-refractivity contribution in [3.8, 4) is 5.75 Å². The van der Waals surface area contributed by atoms with Gasteiger partial charge in [-0.25, -0.2) is 4.39 Å². The van der Waals surface area contributed by atoms with Gasteiger partial charge in [0, 0.05) is 12.0 Å². The molecular weight excluding hydrogens is 255 g/mol. The van der Waals surface area contributed by atoms with Crippen LogP contribution < -0.4 is 4.74 Å². The molecule has 2 rings (SSSR count). The van der Waals surface area contributed by atoms with Crippen LogP contribution in [0.3, 0.4) is 0 Å². The normalized spacial score (nSPS) is 10.3. The highest BCUT2D eigenvalue weighted by atomic mass is 19.1. The van der Waals surface area contributed by atoms with Crippen LogP contribution in [-0.2, 0) is 12.8 Å². The van der Waals surface area contributed by atoms with E-state index < -0.39 is 5.82 Å². The zero-order valence-electron chi connectivity index (χ0n) is 11.7. The van der Waals surface area contributed by atoms with E-state index >= 15 is 0 Å². The van der Waals surface area contributed by atoms with Gasteiger partial charge in [0.05, 0.1) is 7.11 Å². The summed E-state index contributed by atoms with van der Waals surface area (Å²) in [5.41, 5.74) is 2.13. The number of hydrogen-bond donors (Lipinski definition) is 0. The molecule has 2 aromatic rings. The molecule has 0 aliphatic rings. The third kappa shape index (κ3) is 3.05. The minimum atomic E-state index is -0.464. The predicted octanol–water partition coefficient (Wildman–Crippen LogP) is 3.82. The van der Waals surface area contributed by atoms with Crippen molar-refractivity contribution in [1.82, 2.24) is 0 Å². The van der Waals surface area contributed by atoms with E-state index in [1.54, 1.807) is 30.3 Å². The highest BCUT2D eigenvalue weighted by molar-refractivity contribution is 5.97. The molecule has 0 aliphatic carbocycles. The van der Waals surface area contributed by atoms with Gasteiger partial charge in [0.2, 0.25) is 0 Å². The quantitative estimate of drug-likeness (QED) is 0.773. The first-order valence-electron chi connectivity index (χ1n) is 6.59. The van der Waals surface area contributed by atoms with Crippen molar-refractivity contribution in [1.29, 1.82) is 0 Å². The summed E-state index contributed by atoms with van der Waals surface area (Å²) in [6.45, 7) is 2.06. The lowest BCUT2D eigenvalue weighted by Gasteiger charge is -2.07. The summed E-state index contributed by atoms with van der Waals surface area (Å²) < 4.78 is 18.9. The third-order valence-electron chi connectivity index (χ3n) is 3.30. The molecule has 0 amide bonds. The van der Waals surface area contributed by atoms with E-state index in [0.717, 1.165) is 6.42 Å². The zero-order valence-corrected chi connectivity index (χ0v) is 11.7.